The molecule has 0 unspecified atom stereocenters. The summed E-state index contributed by atoms with van der Waals surface area (Å²) in [6.45, 7) is 0.559. The quantitative estimate of drug-likeness (QED) is 0.852. The minimum Gasteiger partial charge on any atom is -0.480 e. The van der Waals surface area contributed by atoms with Gasteiger partial charge in [0, 0.05) is 44.8 Å². The highest BCUT2D eigenvalue weighted by molar-refractivity contribution is 6.30. The average Bonchev–Trinajstić information content (AvgIpc) is 2.97. The van der Waals surface area contributed by atoms with Gasteiger partial charge in [-0.25, -0.2) is 0 Å². The van der Waals surface area contributed by atoms with Crippen LogP contribution in [0.25, 0.3) is 0 Å². The fourth-order valence-electron chi connectivity index (χ4n) is 2.85. The topological polar surface area (TPSA) is 32.8 Å². The Hall–Kier alpha value is -2.20. The Bertz CT molecular complexity index is 744. The third kappa shape index (κ3) is 3.49. The molecule has 0 saturated carbocycles. The maximum absolute atomic E-state index is 12.6. The molecule has 4 nitrogen and oxygen atoms in total. The minimum atomic E-state index is -0.468. The number of likely N-dealkylation sites (N-methyl/N-ethyl adjacent to an activating group) is 1. The lowest BCUT2D eigenvalue weighted by Gasteiger charge is -2.21. The Kier molecular flexibility index (Phi) is 4.67. The van der Waals surface area contributed by atoms with Crippen LogP contribution >= 0.6 is 11.6 Å². The molecule has 0 radical (unpaired) electrons. The molecule has 0 aliphatic carbocycles. The fraction of sp³-hybridized carbons (Fsp3) is 0.316. The summed E-state index contributed by atoms with van der Waals surface area (Å²) < 4.78 is 5.78. The molecule has 5 heteroatoms. The van der Waals surface area contributed by atoms with Crippen molar-refractivity contribution in [2.24, 2.45) is 0 Å². The number of amides is 1. The number of carbonyl (C=O) groups excluding carboxylic acids is 1. The van der Waals surface area contributed by atoms with Crippen LogP contribution in [-0.4, -0.2) is 38.1 Å². The van der Waals surface area contributed by atoms with E-state index >= 15 is 0 Å². The summed E-state index contributed by atoms with van der Waals surface area (Å²) in [5.74, 6) is 0.737. The third-order valence-corrected chi connectivity index (χ3v) is 4.46. The Labute approximate surface area is 147 Å². The van der Waals surface area contributed by atoms with Crippen LogP contribution in [0, 0.1) is 0 Å². The molecule has 2 aromatic carbocycles. The van der Waals surface area contributed by atoms with Crippen molar-refractivity contribution >= 4 is 23.2 Å². The molecular weight excluding hydrogens is 324 g/mol. The summed E-state index contributed by atoms with van der Waals surface area (Å²) in [4.78, 5) is 16.4. The van der Waals surface area contributed by atoms with E-state index in [4.69, 9.17) is 16.3 Å². The van der Waals surface area contributed by atoms with Gasteiger partial charge < -0.3 is 14.5 Å². The van der Waals surface area contributed by atoms with Gasteiger partial charge in [0.15, 0.2) is 6.10 Å². The number of ether oxygens (including phenoxy) is 1. The van der Waals surface area contributed by atoms with Crippen molar-refractivity contribution in [3.8, 4) is 5.75 Å². The highest BCUT2D eigenvalue weighted by Crippen LogP contribution is 2.31. The highest BCUT2D eigenvalue weighted by atomic mass is 35.5. The number of fused-ring (bicyclic) bond motifs is 1. The molecule has 1 aliphatic heterocycles. The summed E-state index contributed by atoms with van der Waals surface area (Å²) in [5, 5.41) is 0.666. The van der Waals surface area contributed by atoms with E-state index in [1.54, 1.807) is 11.0 Å². The van der Waals surface area contributed by atoms with Gasteiger partial charge >= 0.3 is 0 Å². The second-order valence-corrected chi connectivity index (χ2v) is 6.75. The summed E-state index contributed by atoms with van der Waals surface area (Å²) >= 11 is 6.00. The van der Waals surface area contributed by atoms with E-state index in [1.165, 1.54) is 0 Å². The number of benzene rings is 2. The number of halogens is 1. The molecule has 1 heterocycles. The number of hydrogen-bond donors (Lipinski definition) is 0. The van der Waals surface area contributed by atoms with Gasteiger partial charge in [-0.3, -0.25) is 4.79 Å². The zero-order chi connectivity index (χ0) is 17.3. The molecule has 3 rings (SSSR count). The maximum Gasteiger partial charge on any atom is 0.264 e. The monoisotopic (exact) mass is 344 g/mol. The van der Waals surface area contributed by atoms with Gasteiger partial charge in [-0.2, -0.15) is 0 Å². The molecule has 0 spiro atoms. The van der Waals surface area contributed by atoms with Gasteiger partial charge in [-0.15, -0.1) is 0 Å². The van der Waals surface area contributed by atoms with Crippen LogP contribution in [0.2, 0.25) is 5.02 Å². The van der Waals surface area contributed by atoms with E-state index in [-0.39, 0.29) is 5.91 Å². The van der Waals surface area contributed by atoms with E-state index < -0.39 is 6.10 Å². The molecule has 1 aliphatic rings. The SMILES string of the molecule is CN(Cc1ccc(N(C)C)cc1)C(=O)[C@@H]1Cc2cc(Cl)ccc2O1. The molecule has 0 N–H and O–H groups in total. The first-order chi connectivity index (χ1) is 11.4. The lowest BCUT2D eigenvalue weighted by molar-refractivity contribution is -0.137. The lowest BCUT2D eigenvalue weighted by Crippen LogP contribution is -2.38. The van der Waals surface area contributed by atoms with Crippen molar-refractivity contribution in [1.29, 1.82) is 0 Å². The average molecular weight is 345 g/mol. The van der Waals surface area contributed by atoms with Crippen LogP contribution in [0.3, 0.4) is 0 Å². The first-order valence-corrected chi connectivity index (χ1v) is 8.28. The van der Waals surface area contributed by atoms with Gasteiger partial charge in [-0.05, 0) is 41.5 Å². The molecule has 24 heavy (non-hydrogen) atoms. The summed E-state index contributed by atoms with van der Waals surface area (Å²) in [5.41, 5.74) is 3.22. The predicted molar refractivity (Wildman–Crippen MR) is 96.8 cm³/mol. The minimum absolute atomic E-state index is 0.0148. The fourth-order valence-corrected chi connectivity index (χ4v) is 3.05. The van der Waals surface area contributed by atoms with E-state index in [0.29, 0.717) is 18.0 Å². The maximum atomic E-state index is 12.6. The number of nitrogens with zero attached hydrogens (tertiary/aromatic N) is 2. The second-order valence-electron chi connectivity index (χ2n) is 6.32. The number of carbonyl (C=O) groups is 1. The van der Waals surface area contributed by atoms with Gasteiger partial charge in [0.2, 0.25) is 0 Å². The lowest BCUT2D eigenvalue weighted by atomic mass is 10.1. The van der Waals surface area contributed by atoms with Crippen molar-refractivity contribution in [2.75, 3.05) is 26.0 Å². The number of hydrogen-bond acceptors (Lipinski definition) is 3. The van der Waals surface area contributed by atoms with Crippen molar-refractivity contribution in [1.82, 2.24) is 4.90 Å². The number of anilines is 1. The first-order valence-electron chi connectivity index (χ1n) is 7.90. The Morgan fingerprint density at radius 3 is 2.54 bits per heavy atom. The smallest absolute Gasteiger partial charge is 0.264 e. The van der Waals surface area contributed by atoms with Crippen molar-refractivity contribution in [3.63, 3.8) is 0 Å². The standard InChI is InChI=1S/C19H21ClN2O2/c1-21(2)16-7-4-13(5-8-16)12-22(3)19(23)18-11-14-10-15(20)6-9-17(14)24-18/h4-10,18H,11-12H2,1-3H3/t18-/m0/s1. The van der Waals surface area contributed by atoms with Crippen LogP contribution < -0.4 is 9.64 Å². The molecule has 2 aromatic rings. The van der Waals surface area contributed by atoms with Crippen LogP contribution in [0.4, 0.5) is 5.69 Å². The van der Waals surface area contributed by atoms with Gasteiger partial charge in [0.1, 0.15) is 5.75 Å². The predicted octanol–water partition coefficient (Wildman–Crippen LogP) is 3.37. The molecular formula is C19H21ClN2O2. The Morgan fingerprint density at radius 1 is 1.17 bits per heavy atom. The molecule has 0 fully saturated rings. The van der Waals surface area contributed by atoms with Crippen LogP contribution in [0.15, 0.2) is 42.5 Å². The third-order valence-electron chi connectivity index (χ3n) is 4.22. The molecule has 0 saturated heterocycles. The van der Waals surface area contributed by atoms with Gasteiger partial charge in [0.05, 0.1) is 0 Å². The van der Waals surface area contributed by atoms with Gasteiger partial charge in [-0.1, -0.05) is 23.7 Å². The van der Waals surface area contributed by atoms with Crippen molar-refractivity contribution in [2.45, 2.75) is 19.1 Å². The summed E-state index contributed by atoms with van der Waals surface area (Å²) in [6, 6.07) is 13.7. The first kappa shape index (κ1) is 16.7. The van der Waals surface area contributed by atoms with Crippen molar-refractivity contribution < 1.29 is 9.53 Å². The molecule has 126 valence electrons. The largest absolute Gasteiger partial charge is 0.480 e. The molecule has 1 atom stereocenters. The van der Waals surface area contributed by atoms with Gasteiger partial charge in [0.25, 0.3) is 5.91 Å². The van der Waals surface area contributed by atoms with Crippen molar-refractivity contribution in [3.05, 3.63) is 58.6 Å². The van der Waals surface area contributed by atoms with E-state index in [0.717, 1.165) is 22.6 Å². The molecule has 0 aromatic heterocycles. The molecule has 1 amide bonds. The Morgan fingerprint density at radius 2 is 1.88 bits per heavy atom. The van der Waals surface area contributed by atoms with E-state index in [9.17, 15) is 4.79 Å². The highest BCUT2D eigenvalue weighted by Gasteiger charge is 2.31. The zero-order valence-corrected chi connectivity index (χ0v) is 14.9. The molecule has 0 bridgehead atoms. The van der Waals surface area contributed by atoms with Crippen LogP contribution in [0.5, 0.6) is 5.75 Å². The van der Waals surface area contributed by atoms with E-state index in [1.807, 2.05) is 50.3 Å². The van der Waals surface area contributed by atoms with Crippen LogP contribution in [-0.2, 0) is 17.8 Å². The Balaban J connectivity index is 1.63. The summed E-state index contributed by atoms with van der Waals surface area (Å²) in [6.07, 6.45) is 0.100. The normalized spacial score (nSPS) is 15.6. The zero-order valence-electron chi connectivity index (χ0n) is 14.1. The van der Waals surface area contributed by atoms with E-state index in [2.05, 4.69) is 12.1 Å². The number of rotatable bonds is 4. The van der Waals surface area contributed by atoms with Crippen LogP contribution in [0.1, 0.15) is 11.1 Å². The summed E-state index contributed by atoms with van der Waals surface area (Å²) in [7, 11) is 5.82. The second kappa shape index (κ2) is 6.73.